The Kier molecular flexibility index (Phi) is 7.44. The molecule has 2 amide bonds. The zero-order chi connectivity index (χ0) is 20.2. The van der Waals surface area contributed by atoms with Gasteiger partial charge < -0.3 is 16.0 Å². The molecule has 1 aliphatic carbocycles. The SMILES string of the molecule is Cc1c(C(=O)NCc2cccc(NC(=O)C3CCC3)c2)nnn1C1CCNCC1.Cl. The van der Waals surface area contributed by atoms with Gasteiger partial charge in [-0.1, -0.05) is 23.8 Å². The highest BCUT2D eigenvalue weighted by molar-refractivity contribution is 5.94. The molecular formula is C21H29ClN6O2. The molecule has 8 nitrogen and oxygen atoms in total. The van der Waals surface area contributed by atoms with Crippen LogP contribution in [0.25, 0.3) is 0 Å². The first kappa shape index (κ1) is 22.2. The maximum absolute atomic E-state index is 12.6. The van der Waals surface area contributed by atoms with Gasteiger partial charge in [0.05, 0.1) is 11.7 Å². The maximum atomic E-state index is 12.6. The van der Waals surface area contributed by atoms with Gasteiger partial charge in [-0.2, -0.15) is 0 Å². The molecule has 9 heteroatoms. The van der Waals surface area contributed by atoms with Crippen molar-refractivity contribution in [3.05, 3.63) is 41.2 Å². The summed E-state index contributed by atoms with van der Waals surface area (Å²) in [6, 6.07) is 7.88. The lowest BCUT2D eigenvalue weighted by molar-refractivity contribution is -0.122. The molecule has 2 heterocycles. The molecule has 0 spiro atoms. The van der Waals surface area contributed by atoms with Gasteiger partial charge in [-0.05, 0) is 63.4 Å². The number of anilines is 1. The molecule has 0 atom stereocenters. The molecule has 162 valence electrons. The number of amides is 2. The normalized spacial score (nSPS) is 17.0. The highest BCUT2D eigenvalue weighted by atomic mass is 35.5. The second-order valence-electron chi connectivity index (χ2n) is 7.95. The molecular weight excluding hydrogens is 404 g/mol. The number of rotatable bonds is 6. The van der Waals surface area contributed by atoms with E-state index < -0.39 is 0 Å². The van der Waals surface area contributed by atoms with E-state index in [0.717, 1.165) is 62.1 Å². The first-order chi connectivity index (χ1) is 14.1. The molecule has 2 fully saturated rings. The Morgan fingerprint density at radius 3 is 2.67 bits per heavy atom. The number of nitrogens with one attached hydrogen (secondary N) is 3. The van der Waals surface area contributed by atoms with Crippen LogP contribution in [0.5, 0.6) is 0 Å². The summed E-state index contributed by atoms with van der Waals surface area (Å²) in [5.74, 6) is -0.00179. The summed E-state index contributed by atoms with van der Waals surface area (Å²) in [4.78, 5) is 24.7. The predicted octanol–water partition coefficient (Wildman–Crippen LogP) is 2.60. The number of carbonyl (C=O) groups excluding carboxylic acids is 2. The molecule has 1 aliphatic heterocycles. The van der Waals surface area contributed by atoms with E-state index in [0.29, 0.717) is 18.3 Å². The fraction of sp³-hybridized carbons (Fsp3) is 0.524. The third-order valence-corrected chi connectivity index (χ3v) is 5.92. The quantitative estimate of drug-likeness (QED) is 0.651. The summed E-state index contributed by atoms with van der Waals surface area (Å²) < 4.78 is 1.88. The van der Waals surface area contributed by atoms with Gasteiger partial charge >= 0.3 is 0 Å². The zero-order valence-corrected chi connectivity index (χ0v) is 18.0. The molecule has 1 saturated heterocycles. The molecule has 1 aromatic heterocycles. The fourth-order valence-corrected chi connectivity index (χ4v) is 3.89. The number of carbonyl (C=O) groups is 2. The van der Waals surface area contributed by atoms with Crippen LogP contribution in [-0.4, -0.2) is 39.9 Å². The average molecular weight is 433 g/mol. The third-order valence-electron chi connectivity index (χ3n) is 5.92. The minimum absolute atomic E-state index is 0. The number of hydrogen-bond acceptors (Lipinski definition) is 5. The molecule has 30 heavy (non-hydrogen) atoms. The van der Waals surface area contributed by atoms with Crippen LogP contribution in [-0.2, 0) is 11.3 Å². The van der Waals surface area contributed by atoms with Crippen LogP contribution in [0.1, 0.15) is 59.9 Å². The Bertz CT molecular complexity index is 889. The Labute approximate surface area is 182 Å². The van der Waals surface area contributed by atoms with Crippen molar-refractivity contribution in [1.82, 2.24) is 25.6 Å². The summed E-state index contributed by atoms with van der Waals surface area (Å²) in [5, 5.41) is 17.6. The summed E-state index contributed by atoms with van der Waals surface area (Å²) in [7, 11) is 0. The van der Waals surface area contributed by atoms with E-state index in [9.17, 15) is 9.59 Å². The van der Waals surface area contributed by atoms with Gasteiger partial charge in [0.25, 0.3) is 5.91 Å². The minimum Gasteiger partial charge on any atom is -0.347 e. The standard InChI is InChI=1S/C21H28N6O2.ClH/c1-14-19(25-26-27(14)18-8-10-22-11-9-18)21(29)23-13-15-4-2-7-17(12-15)24-20(28)16-5-3-6-16;/h2,4,7,12,16,18,22H,3,5-6,8-11,13H2,1H3,(H,23,29)(H,24,28);1H. The van der Waals surface area contributed by atoms with Crippen molar-refractivity contribution in [2.45, 2.75) is 51.6 Å². The first-order valence-electron chi connectivity index (χ1n) is 10.4. The van der Waals surface area contributed by atoms with E-state index in [1.165, 1.54) is 0 Å². The topological polar surface area (TPSA) is 101 Å². The number of hydrogen-bond donors (Lipinski definition) is 3. The molecule has 4 rings (SSSR count). The van der Waals surface area contributed by atoms with Crippen molar-refractivity contribution < 1.29 is 9.59 Å². The Hall–Kier alpha value is -2.45. The second kappa shape index (κ2) is 10.0. The summed E-state index contributed by atoms with van der Waals surface area (Å²) >= 11 is 0. The highest BCUT2D eigenvalue weighted by Crippen LogP contribution is 2.27. The van der Waals surface area contributed by atoms with Crippen molar-refractivity contribution in [1.29, 1.82) is 0 Å². The van der Waals surface area contributed by atoms with Crippen LogP contribution in [0.2, 0.25) is 0 Å². The van der Waals surface area contributed by atoms with Gasteiger partial charge in [-0.15, -0.1) is 17.5 Å². The van der Waals surface area contributed by atoms with E-state index in [4.69, 9.17) is 0 Å². The smallest absolute Gasteiger partial charge is 0.274 e. The van der Waals surface area contributed by atoms with Crippen LogP contribution < -0.4 is 16.0 Å². The molecule has 3 N–H and O–H groups in total. The van der Waals surface area contributed by atoms with E-state index in [2.05, 4.69) is 26.3 Å². The molecule has 1 aromatic carbocycles. The third kappa shape index (κ3) is 4.99. The van der Waals surface area contributed by atoms with E-state index in [-0.39, 0.29) is 30.1 Å². The summed E-state index contributed by atoms with van der Waals surface area (Å²) in [6.07, 6.45) is 5.05. The number of aromatic nitrogens is 3. The zero-order valence-electron chi connectivity index (χ0n) is 17.2. The van der Waals surface area contributed by atoms with Crippen LogP contribution >= 0.6 is 12.4 Å². The molecule has 0 bridgehead atoms. The van der Waals surface area contributed by atoms with E-state index >= 15 is 0 Å². The van der Waals surface area contributed by atoms with Crippen molar-refractivity contribution in [3.8, 4) is 0 Å². The molecule has 2 aliphatic rings. The summed E-state index contributed by atoms with van der Waals surface area (Å²) in [5.41, 5.74) is 2.86. The Morgan fingerprint density at radius 1 is 1.20 bits per heavy atom. The Balaban J connectivity index is 0.00000256. The lowest BCUT2D eigenvalue weighted by atomic mass is 9.85. The lowest BCUT2D eigenvalue weighted by Gasteiger charge is -2.24. The molecule has 0 unspecified atom stereocenters. The first-order valence-corrected chi connectivity index (χ1v) is 10.4. The Morgan fingerprint density at radius 2 is 1.97 bits per heavy atom. The maximum Gasteiger partial charge on any atom is 0.274 e. The van der Waals surface area contributed by atoms with Crippen molar-refractivity contribution in [2.75, 3.05) is 18.4 Å². The second-order valence-corrected chi connectivity index (χ2v) is 7.95. The van der Waals surface area contributed by atoms with Crippen LogP contribution in [0.4, 0.5) is 5.69 Å². The van der Waals surface area contributed by atoms with Gasteiger partial charge in [-0.25, -0.2) is 4.68 Å². The molecule has 0 radical (unpaired) electrons. The lowest BCUT2D eigenvalue weighted by Crippen LogP contribution is -2.30. The fourth-order valence-electron chi connectivity index (χ4n) is 3.89. The largest absolute Gasteiger partial charge is 0.347 e. The number of benzene rings is 1. The average Bonchev–Trinajstić information content (AvgIpc) is 3.07. The van der Waals surface area contributed by atoms with E-state index in [1.54, 1.807) is 0 Å². The highest BCUT2D eigenvalue weighted by Gasteiger charge is 2.25. The minimum atomic E-state index is -0.230. The molecule has 1 saturated carbocycles. The number of piperidine rings is 1. The summed E-state index contributed by atoms with van der Waals surface area (Å²) in [6.45, 7) is 4.18. The number of halogens is 1. The number of nitrogens with zero attached hydrogens (tertiary/aromatic N) is 3. The van der Waals surface area contributed by atoms with Crippen molar-refractivity contribution in [3.63, 3.8) is 0 Å². The van der Waals surface area contributed by atoms with E-state index in [1.807, 2.05) is 35.9 Å². The van der Waals surface area contributed by atoms with Gasteiger partial charge in [0.2, 0.25) is 5.91 Å². The van der Waals surface area contributed by atoms with Crippen molar-refractivity contribution in [2.24, 2.45) is 5.92 Å². The van der Waals surface area contributed by atoms with Gasteiger partial charge in [-0.3, -0.25) is 9.59 Å². The van der Waals surface area contributed by atoms with Crippen molar-refractivity contribution >= 4 is 29.9 Å². The monoisotopic (exact) mass is 432 g/mol. The van der Waals surface area contributed by atoms with Crippen LogP contribution in [0.15, 0.2) is 24.3 Å². The van der Waals surface area contributed by atoms with Gasteiger partial charge in [0.1, 0.15) is 0 Å². The van der Waals surface area contributed by atoms with Crippen LogP contribution in [0.3, 0.4) is 0 Å². The van der Waals surface area contributed by atoms with Crippen LogP contribution in [0, 0.1) is 12.8 Å². The molecule has 2 aromatic rings. The predicted molar refractivity (Wildman–Crippen MR) is 117 cm³/mol. The van der Waals surface area contributed by atoms with Gasteiger partial charge in [0.15, 0.2) is 5.69 Å². The van der Waals surface area contributed by atoms with Gasteiger partial charge in [0, 0.05) is 18.2 Å².